The molecule has 0 aliphatic heterocycles. The fourth-order valence-corrected chi connectivity index (χ4v) is 0. The number of carbonyl (C=O) groups is 1. The topological polar surface area (TPSA) is 97.3 Å². The van der Waals surface area contributed by atoms with Crippen LogP contribution >= 0.6 is 0 Å². The summed E-state index contributed by atoms with van der Waals surface area (Å²) in [6, 6.07) is 0. The molecule has 0 aromatic heterocycles. The first kappa shape index (κ1) is 11.4. The minimum Gasteiger partial charge on any atom is -0.743 e. The monoisotopic (exact) mass is 164 g/mol. The summed E-state index contributed by atoms with van der Waals surface area (Å²) in [4.78, 5) is 9.01. The van der Waals surface area contributed by atoms with Gasteiger partial charge in [-0.15, -0.1) is 0 Å². The summed E-state index contributed by atoms with van der Waals surface area (Å²) >= 11 is 0. The maximum Gasteiger partial charge on any atom is 2.00 e. The van der Waals surface area contributed by atoms with Gasteiger partial charge in [-0.3, -0.25) is 0 Å². The van der Waals surface area contributed by atoms with Crippen LogP contribution in [0.3, 0.4) is 0 Å². The van der Waals surface area contributed by atoms with Crippen LogP contribution in [0, 0.1) is 0 Å². The van der Waals surface area contributed by atoms with E-state index in [9.17, 15) is 0 Å². The van der Waals surface area contributed by atoms with Crippen LogP contribution in [0.4, 0.5) is 4.79 Å². The molecule has 0 rings (SSSR count). The van der Waals surface area contributed by atoms with Crippen LogP contribution in [0.25, 0.3) is 0 Å². The Labute approximate surface area is 75.4 Å². The first-order chi connectivity index (χ1) is 2.94. The second-order valence-electron chi connectivity index (χ2n) is 0.704. The van der Waals surface area contributed by atoms with Crippen LogP contribution in [-0.2, 0) is 10.1 Å². The number of carbonyl (C=O) groups excluding carboxylic acids is 1. The van der Waals surface area contributed by atoms with Crippen molar-refractivity contribution >= 4 is 53.2 Å². The van der Waals surface area contributed by atoms with E-state index in [0.717, 1.165) is 0 Å². The Bertz CT molecular complexity index is 167. The molecule has 0 fully saturated rings. The fraction of sp³-hybridized carbons (Fsp3) is 0. The third-order valence-electron chi connectivity index (χ3n) is 0.204. The maximum atomic E-state index is 9.11. The Hall–Kier alpha value is 0.640. The summed E-state index contributed by atoms with van der Waals surface area (Å²) < 4.78 is 27.3. The number of carboxylic acid groups (broad SMARTS) is 1. The minimum absolute atomic E-state index is 0. The van der Waals surface area contributed by atoms with Gasteiger partial charge in [0, 0.05) is 0 Å². The molecule has 0 saturated heterocycles. The molecule has 0 radical (unpaired) electrons. The molecule has 8 heavy (non-hydrogen) atoms. The SMILES string of the molecule is O=C([O-])S(=O)(=O)[O-].[Ca+2]. The molecular formula is CCaO5S. The summed E-state index contributed by atoms with van der Waals surface area (Å²) in [5, 5.41) is 6.42. The van der Waals surface area contributed by atoms with E-state index in [1.165, 1.54) is 0 Å². The van der Waals surface area contributed by atoms with Gasteiger partial charge in [0.2, 0.25) is 0 Å². The van der Waals surface area contributed by atoms with Crippen molar-refractivity contribution in [3.8, 4) is 0 Å². The van der Waals surface area contributed by atoms with Gasteiger partial charge >= 0.3 is 37.7 Å². The molecule has 0 N–H and O–H groups in total. The minimum atomic E-state index is -5.19. The molecular weight excluding hydrogens is 164 g/mol. The largest absolute Gasteiger partial charge is 2.00 e. The van der Waals surface area contributed by atoms with E-state index < -0.39 is 15.4 Å². The van der Waals surface area contributed by atoms with Crippen molar-refractivity contribution in [1.29, 1.82) is 0 Å². The molecule has 0 aliphatic rings. The van der Waals surface area contributed by atoms with Crippen molar-refractivity contribution in [2.24, 2.45) is 0 Å². The van der Waals surface area contributed by atoms with Gasteiger partial charge in [-0.05, 0) is 0 Å². The number of rotatable bonds is 0. The Morgan fingerprint density at radius 3 is 1.50 bits per heavy atom. The van der Waals surface area contributed by atoms with E-state index in [0.29, 0.717) is 0 Å². The average molecular weight is 164 g/mol. The molecule has 0 saturated carbocycles. The standard InChI is InChI=1S/CH2O5S.Ca/c2-1(3)7(4,5)6;/h(H,2,3)(H,4,5,6);/q;+2/p-2. The summed E-state index contributed by atoms with van der Waals surface area (Å²) in [7, 11) is -5.19. The van der Waals surface area contributed by atoms with Gasteiger partial charge in [0.1, 0.15) is 15.4 Å². The predicted molar refractivity (Wildman–Crippen MR) is 20.8 cm³/mol. The van der Waals surface area contributed by atoms with Crippen LogP contribution < -0.4 is 5.11 Å². The first-order valence-corrected chi connectivity index (χ1v) is 2.52. The first-order valence-electron chi connectivity index (χ1n) is 1.11. The van der Waals surface area contributed by atoms with Gasteiger partial charge in [0.05, 0.1) is 0 Å². The van der Waals surface area contributed by atoms with Crippen molar-refractivity contribution in [2.75, 3.05) is 0 Å². The third kappa shape index (κ3) is 4.79. The van der Waals surface area contributed by atoms with Gasteiger partial charge in [-0.2, -0.15) is 0 Å². The average Bonchev–Trinajstić information content (AvgIpc) is 1.31. The van der Waals surface area contributed by atoms with Gasteiger partial charge in [-0.1, -0.05) is 0 Å². The van der Waals surface area contributed by atoms with E-state index in [4.69, 9.17) is 22.9 Å². The zero-order valence-corrected chi connectivity index (χ0v) is 6.68. The van der Waals surface area contributed by atoms with Crippen molar-refractivity contribution in [3.05, 3.63) is 0 Å². The van der Waals surface area contributed by atoms with Crippen LogP contribution in [0.5, 0.6) is 0 Å². The Kier molecular flexibility index (Phi) is 5.18. The van der Waals surface area contributed by atoms with Crippen LogP contribution in [0.15, 0.2) is 0 Å². The van der Waals surface area contributed by atoms with E-state index in [2.05, 4.69) is 0 Å². The van der Waals surface area contributed by atoms with E-state index in [1.54, 1.807) is 0 Å². The van der Waals surface area contributed by atoms with E-state index >= 15 is 0 Å². The second-order valence-corrected chi connectivity index (χ2v) is 1.95. The zero-order chi connectivity index (χ0) is 6.08. The molecule has 0 heterocycles. The summed E-state index contributed by atoms with van der Waals surface area (Å²) in [6.45, 7) is 0. The van der Waals surface area contributed by atoms with Crippen molar-refractivity contribution in [3.63, 3.8) is 0 Å². The summed E-state index contributed by atoms with van der Waals surface area (Å²) in [5.41, 5.74) is 0. The molecule has 7 heteroatoms. The van der Waals surface area contributed by atoms with Gasteiger partial charge in [-0.25, -0.2) is 8.42 Å². The Morgan fingerprint density at radius 2 is 1.50 bits per heavy atom. The van der Waals surface area contributed by atoms with Crippen LogP contribution in [-0.4, -0.2) is 56.0 Å². The fourth-order valence-electron chi connectivity index (χ4n) is 0. The Morgan fingerprint density at radius 1 is 1.38 bits per heavy atom. The molecule has 0 bridgehead atoms. The molecule has 0 spiro atoms. The third-order valence-corrected chi connectivity index (χ3v) is 0.612. The predicted octanol–water partition coefficient (Wildman–Crippen LogP) is -2.51. The normalized spacial score (nSPS) is 9.62. The molecule has 0 unspecified atom stereocenters. The molecule has 0 amide bonds. The van der Waals surface area contributed by atoms with Crippen LogP contribution in [0.1, 0.15) is 0 Å². The molecule has 0 aromatic rings. The van der Waals surface area contributed by atoms with Crippen LogP contribution in [0.2, 0.25) is 0 Å². The zero-order valence-electron chi connectivity index (χ0n) is 3.66. The van der Waals surface area contributed by atoms with Gasteiger partial charge < -0.3 is 14.5 Å². The number of hydrogen-bond donors (Lipinski definition) is 0. The molecule has 0 atom stereocenters. The molecule has 0 aliphatic carbocycles. The molecule has 0 aromatic carbocycles. The molecule has 42 valence electrons. The van der Waals surface area contributed by atoms with Crippen molar-refractivity contribution < 1.29 is 22.9 Å². The summed E-state index contributed by atoms with van der Waals surface area (Å²) in [6.07, 6.45) is 0. The van der Waals surface area contributed by atoms with E-state index in [1.807, 2.05) is 0 Å². The molecule has 5 nitrogen and oxygen atoms in total. The maximum absolute atomic E-state index is 9.11. The van der Waals surface area contributed by atoms with Gasteiger partial charge in [0.15, 0.2) is 0 Å². The smallest absolute Gasteiger partial charge is 0.743 e. The summed E-state index contributed by atoms with van der Waals surface area (Å²) in [5.74, 6) is 0. The second kappa shape index (κ2) is 3.62. The number of hydrogen-bond acceptors (Lipinski definition) is 5. The van der Waals surface area contributed by atoms with Gasteiger partial charge in [0.25, 0.3) is 0 Å². The van der Waals surface area contributed by atoms with E-state index in [-0.39, 0.29) is 37.7 Å². The quantitative estimate of drug-likeness (QED) is 0.291. The van der Waals surface area contributed by atoms with Crippen molar-refractivity contribution in [1.82, 2.24) is 0 Å². The van der Waals surface area contributed by atoms with Crippen molar-refractivity contribution in [2.45, 2.75) is 0 Å². The Balaban J connectivity index is 0.